The van der Waals surface area contributed by atoms with Crippen molar-refractivity contribution >= 4 is 12.1 Å². The van der Waals surface area contributed by atoms with Crippen molar-refractivity contribution in [1.29, 1.82) is 0 Å². The van der Waals surface area contributed by atoms with Gasteiger partial charge in [-0.2, -0.15) is 0 Å². The molecule has 31 heavy (non-hydrogen) atoms. The Morgan fingerprint density at radius 1 is 1.16 bits per heavy atom. The second-order valence-corrected chi connectivity index (χ2v) is 8.64. The van der Waals surface area contributed by atoms with Gasteiger partial charge in [-0.1, -0.05) is 12.1 Å². The summed E-state index contributed by atoms with van der Waals surface area (Å²) in [7, 11) is 1.29. The van der Waals surface area contributed by atoms with Crippen molar-refractivity contribution < 1.29 is 28.2 Å². The van der Waals surface area contributed by atoms with Crippen LogP contribution < -0.4 is 4.74 Å². The fourth-order valence-corrected chi connectivity index (χ4v) is 3.64. The highest BCUT2D eigenvalue weighted by Crippen LogP contribution is 2.34. The van der Waals surface area contributed by atoms with Gasteiger partial charge in [0.2, 0.25) is 0 Å². The number of ether oxygens (including phenoxy) is 3. The number of carbonyl (C=O) groups excluding carboxylic acids is 2. The molecule has 1 aliphatic rings. The maximum absolute atomic E-state index is 13.6. The number of aryl methyl sites for hydroxylation is 1. The molecule has 2 aromatic carbocycles. The van der Waals surface area contributed by atoms with Crippen LogP contribution in [0.3, 0.4) is 0 Å². The number of esters is 1. The summed E-state index contributed by atoms with van der Waals surface area (Å²) < 4.78 is 29.9. The summed E-state index contributed by atoms with van der Waals surface area (Å²) in [6.45, 7) is 7.70. The van der Waals surface area contributed by atoms with Gasteiger partial charge in [0.15, 0.2) is 6.04 Å². The van der Waals surface area contributed by atoms with Crippen LogP contribution in [-0.4, -0.2) is 36.2 Å². The van der Waals surface area contributed by atoms with Gasteiger partial charge in [-0.25, -0.2) is 14.0 Å². The van der Waals surface area contributed by atoms with Crippen molar-refractivity contribution in [2.75, 3.05) is 13.7 Å². The van der Waals surface area contributed by atoms with Crippen LogP contribution in [0.25, 0.3) is 0 Å². The van der Waals surface area contributed by atoms with E-state index in [0.717, 1.165) is 16.7 Å². The van der Waals surface area contributed by atoms with E-state index >= 15 is 0 Å². The zero-order valence-corrected chi connectivity index (χ0v) is 18.5. The summed E-state index contributed by atoms with van der Waals surface area (Å²) >= 11 is 0. The van der Waals surface area contributed by atoms with E-state index < -0.39 is 23.7 Å². The van der Waals surface area contributed by atoms with Crippen molar-refractivity contribution in [3.05, 3.63) is 64.5 Å². The highest BCUT2D eigenvalue weighted by molar-refractivity contribution is 5.84. The first-order chi connectivity index (χ1) is 14.6. The Labute approximate surface area is 181 Å². The van der Waals surface area contributed by atoms with E-state index in [1.807, 2.05) is 19.1 Å². The Kier molecular flexibility index (Phi) is 6.53. The Balaban J connectivity index is 1.81. The summed E-state index contributed by atoms with van der Waals surface area (Å²) in [6, 6.07) is 9.24. The van der Waals surface area contributed by atoms with Crippen molar-refractivity contribution in [1.82, 2.24) is 4.90 Å². The first-order valence-corrected chi connectivity index (χ1v) is 10.2. The molecule has 1 aliphatic heterocycles. The minimum Gasteiger partial charge on any atom is -0.489 e. The van der Waals surface area contributed by atoms with Crippen LogP contribution in [0.1, 0.15) is 49.1 Å². The smallest absolute Gasteiger partial charge is 0.411 e. The number of benzene rings is 2. The van der Waals surface area contributed by atoms with Gasteiger partial charge >= 0.3 is 12.1 Å². The number of halogens is 1. The molecule has 1 atom stereocenters. The molecule has 7 heteroatoms. The molecule has 0 unspecified atom stereocenters. The minimum atomic E-state index is -0.886. The molecule has 1 amide bonds. The molecule has 3 rings (SSSR count). The highest BCUT2D eigenvalue weighted by Gasteiger charge is 2.39. The standard InChI is InChI=1S/C24H28FNO5/c1-15-10-16(12-18(25)11-15)14-30-19-6-7-20-17(13-19)8-9-26(21(20)22(27)29-5)23(28)31-24(2,3)4/h6-7,10-13,21H,8-9,14H2,1-5H3/t21-/m1/s1. The third-order valence-electron chi connectivity index (χ3n) is 4.90. The van der Waals surface area contributed by atoms with Gasteiger partial charge in [0, 0.05) is 6.54 Å². The molecule has 0 N–H and O–H groups in total. The average molecular weight is 429 g/mol. The van der Waals surface area contributed by atoms with Gasteiger partial charge < -0.3 is 14.2 Å². The van der Waals surface area contributed by atoms with Crippen LogP contribution in [0, 0.1) is 12.7 Å². The maximum Gasteiger partial charge on any atom is 0.411 e. The molecule has 166 valence electrons. The van der Waals surface area contributed by atoms with Crippen LogP contribution in [0.15, 0.2) is 36.4 Å². The summed E-state index contributed by atoms with van der Waals surface area (Å²) in [4.78, 5) is 26.6. The SMILES string of the molecule is COC(=O)[C@H]1c2ccc(OCc3cc(C)cc(F)c3)cc2CCN1C(=O)OC(C)(C)C. The van der Waals surface area contributed by atoms with Gasteiger partial charge in [0.1, 0.15) is 23.8 Å². The van der Waals surface area contributed by atoms with Gasteiger partial charge in [0.25, 0.3) is 0 Å². The number of rotatable bonds is 4. The van der Waals surface area contributed by atoms with E-state index in [2.05, 4.69) is 0 Å². The lowest BCUT2D eigenvalue weighted by Crippen LogP contribution is -2.46. The third-order valence-corrected chi connectivity index (χ3v) is 4.90. The molecule has 0 spiro atoms. The predicted molar refractivity (Wildman–Crippen MR) is 113 cm³/mol. The lowest BCUT2D eigenvalue weighted by Gasteiger charge is -2.36. The molecular formula is C24H28FNO5. The molecule has 0 bridgehead atoms. The second kappa shape index (κ2) is 8.96. The maximum atomic E-state index is 13.6. The normalized spacial score (nSPS) is 15.8. The zero-order chi connectivity index (χ0) is 22.8. The minimum absolute atomic E-state index is 0.224. The summed E-state index contributed by atoms with van der Waals surface area (Å²) in [5.74, 6) is -0.224. The number of amides is 1. The number of nitrogens with zero attached hydrogens (tertiary/aromatic N) is 1. The predicted octanol–water partition coefficient (Wildman–Crippen LogP) is 4.72. The lowest BCUT2D eigenvalue weighted by molar-refractivity contribution is -0.147. The van der Waals surface area contributed by atoms with E-state index in [0.29, 0.717) is 24.3 Å². The Morgan fingerprint density at radius 2 is 1.90 bits per heavy atom. The molecule has 6 nitrogen and oxygen atoms in total. The summed E-state index contributed by atoms with van der Waals surface area (Å²) in [6.07, 6.45) is -0.0198. The van der Waals surface area contributed by atoms with Gasteiger partial charge in [-0.15, -0.1) is 0 Å². The molecule has 0 aromatic heterocycles. The number of methoxy groups -OCH3 is 1. The van der Waals surface area contributed by atoms with Gasteiger partial charge in [0.05, 0.1) is 7.11 Å². The molecule has 0 saturated carbocycles. The second-order valence-electron chi connectivity index (χ2n) is 8.64. The average Bonchev–Trinajstić information content (AvgIpc) is 2.68. The van der Waals surface area contributed by atoms with Crippen molar-refractivity contribution in [2.24, 2.45) is 0 Å². The number of hydrogen-bond donors (Lipinski definition) is 0. The van der Waals surface area contributed by atoms with Crippen LogP contribution in [0.4, 0.5) is 9.18 Å². The quantitative estimate of drug-likeness (QED) is 0.658. The van der Waals surface area contributed by atoms with Crippen molar-refractivity contribution in [2.45, 2.75) is 52.4 Å². The first-order valence-electron chi connectivity index (χ1n) is 10.2. The van der Waals surface area contributed by atoms with E-state index in [4.69, 9.17) is 14.2 Å². The molecule has 1 heterocycles. The largest absolute Gasteiger partial charge is 0.489 e. The zero-order valence-electron chi connectivity index (χ0n) is 18.5. The Hall–Kier alpha value is -3.09. The molecule has 0 aliphatic carbocycles. The lowest BCUT2D eigenvalue weighted by atomic mass is 9.92. The van der Waals surface area contributed by atoms with Crippen molar-refractivity contribution in [3.8, 4) is 5.75 Å². The molecule has 0 radical (unpaired) electrons. The topological polar surface area (TPSA) is 65.1 Å². The van der Waals surface area contributed by atoms with Crippen LogP contribution in [0.5, 0.6) is 5.75 Å². The fourth-order valence-electron chi connectivity index (χ4n) is 3.64. The molecular weight excluding hydrogens is 401 g/mol. The Bertz CT molecular complexity index is 962. The highest BCUT2D eigenvalue weighted by atomic mass is 19.1. The fraction of sp³-hybridized carbons (Fsp3) is 0.417. The van der Waals surface area contributed by atoms with Crippen LogP contribution >= 0.6 is 0 Å². The van der Waals surface area contributed by atoms with Crippen LogP contribution in [0.2, 0.25) is 0 Å². The van der Waals surface area contributed by atoms with Crippen molar-refractivity contribution in [3.63, 3.8) is 0 Å². The Morgan fingerprint density at radius 3 is 2.55 bits per heavy atom. The van der Waals surface area contributed by atoms with Gasteiger partial charge in [-0.3, -0.25) is 4.90 Å². The van der Waals surface area contributed by atoms with E-state index in [1.165, 1.54) is 24.1 Å². The van der Waals surface area contributed by atoms with Crippen LogP contribution in [-0.2, 0) is 27.3 Å². The summed E-state index contributed by atoms with van der Waals surface area (Å²) in [5.41, 5.74) is 2.46. The number of fused-ring (bicyclic) bond motifs is 1. The molecule has 2 aromatic rings. The van der Waals surface area contributed by atoms with E-state index in [9.17, 15) is 14.0 Å². The van der Waals surface area contributed by atoms with E-state index in [-0.39, 0.29) is 12.4 Å². The van der Waals surface area contributed by atoms with Gasteiger partial charge in [-0.05, 0) is 80.6 Å². The number of carbonyl (C=O) groups is 2. The molecule has 0 saturated heterocycles. The first kappa shape index (κ1) is 22.6. The summed E-state index contributed by atoms with van der Waals surface area (Å²) in [5, 5.41) is 0. The van der Waals surface area contributed by atoms with E-state index in [1.54, 1.807) is 32.9 Å². The monoisotopic (exact) mass is 429 g/mol. The molecule has 0 fully saturated rings. The number of hydrogen-bond acceptors (Lipinski definition) is 5. The third kappa shape index (κ3) is 5.54.